The summed E-state index contributed by atoms with van der Waals surface area (Å²) in [5.41, 5.74) is 3.86. The fraction of sp³-hybridized carbons (Fsp3) is 0.250. The molecule has 2 aromatic rings. The highest BCUT2D eigenvalue weighted by molar-refractivity contribution is 9.10. The van der Waals surface area contributed by atoms with Gasteiger partial charge in [-0.25, -0.2) is 4.39 Å². The lowest BCUT2D eigenvalue weighted by Gasteiger charge is -2.21. The van der Waals surface area contributed by atoms with Crippen LogP contribution in [-0.2, 0) is 0 Å². The number of hydrogen-bond acceptors (Lipinski definition) is 1. The lowest BCUT2D eigenvalue weighted by Crippen LogP contribution is -2.03. The zero-order valence-electron chi connectivity index (χ0n) is 11.8. The lowest BCUT2D eigenvalue weighted by molar-refractivity contribution is 0.406. The molecule has 0 bridgehead atoms. The first-order valence-electron chi connectivity index (χ1n) is 6.29. The second-order valence-corrected chi connectivity index (χ2v) is 6.95. The van der Waals surface area contributed by atoms with E-state index >= 15 is 0 Å². The van der Waals surface area contributed by atoms with Crippen LogP contribution in [0.25, 0.3) is 0 Å². The number of hydrogen-bond donors (Lipinski definition) is 0. The SMILES string of the molecule is COc1c(C)cc(Br)c(C)c1C(Br)c1ccc(F)cc1Cl. The quantitative estimate of drug-likeness (QED) is 0.510. The van der Waals surface area contributed by atoms with Gasteiger partial charge in [0, 0.05) is 15.1 Å². The highest BCUT2D eigenvalue weighted by Gasteiger charge is 2.23. The highest BCUT2D eigenvalue weighted by atomic mass is 79.9. The molecule has 2 aromatic carbocycles. The summed E-state index contributed by atoms with van der Waals surface area (Å²) in [5.74, 6) is 0.454. The second kappa shape index (κ2) is 6.67. The van der Waals surface area contributed by atoms with Gasteiger partial charge in [-0.15, -0.1) is 0 Å². The third kappa shape index (κ3) is 3.27. The monoisotopic (exact) mass is 434 g/mol. The largest absolute Gasteiger partial charge is 0.496 e. The van der Waals surface area contributed by atoms with Crippen LogP contribution in [0, 0.1) is 19.7 Å². The molecule has 1 nitrogen and oxygen atoms in total. The van der Waals surface area contributed by atoms with E-state index in [0.29, 0.717) is 5.02 Å². The van der Waals surface area contributed by atoms with Crippen LogP contribution in [0.2, 0.25) is 5.02 Å². The summed E-state index contributed by atoms with van der Waals surface area (Å²) in [6.45, 7) is 3.99. The van der Waals surface area contributed by atoms with Crippen molar-refractivity contribution in [3.63, 3.8) is 0 Å². The van der Waals surface area contributed by atoms with E-state index in [0.717, 1.165) is 32.5 Å². The van der Waals surface area contributed by atoms with Crippen LogP contribution < -0.4 is 4.74 Å². The molecule has 0 saturated carbocycles. The van der Waals surface area contributed by atoms with Crippen molar-refractivity contribution in [2.75, 3.05) is 7.11 Å². The molecule has 112 valence electrons. The van der Waals surface area contributed by atoms with E-state index in [1.807, 2.05) is 19.9 Å². The maximum Gasteiger partial charge on any atom is 0.126 e. The van der Waals surface area contributed by atoms with Crippen LogP contribution >= 0.6 is 43.5 Å². The molecule has 0 fully saturated rings. The molecule has 0 N–H and O–H groups in total. The average Bonchev–Trinajstić information content (AvgIpc) is 2.41. The van der Waals surface area contributed by atoms with Crippen LogP contribution in [0.15, 0.2) is 28.7 Å². The molecule has 0 spiro atoms. The van der Waals surface area contributed by atoms with Gasteiger partial charge < -0.3 is 4.74 Å². The third-order valence-electron chi connectivity index (χ3n) is 3.40. The summed E-state index contributed by atoms with van der Waals surface area (Å²) in [6, 6.07) is 6.43. The van der Waals surface area contributed by atoms with Gasteiger partial charge in [-0.1, -0.05) is 49.5 Å². The molecule has 0 aromatic heterocycles. The van der Waals surface area contributed by atoms with E-state index in [1.54, 1.807) is 13.2 Å². The Morgan fingerprint density at radius 3 is 2.48 bits per heavy atom. The van der Waals surface area contributed by atoms with Crippen molar-refractivity contribution < 1.29 is 9.13 Å². The standard InChI is InChI=1S/C16H14Br2ClFO/c1-8-6-12(17)9(2)14(16(8)21-3)15(18)11-5-4-10(20)7-13(11)19/h4-7,15H,1-3H3. The Hall–Kier alpha value is -0.580. The molecule has 5 heteroatoms. The van der Waals surface area contributed by atoms with Crippen LogP contribution in [0.5, 0.6) is 5.75 Å². The minimum Gasteiger partial charge on any atom is -0.496 e. The summed E-state index contributed by atoms with van der Waals surface area (Å²) in [6.07, 6.45) is 0. The fourth-order valence-corrected chi connectivity index (χ4v) is 4.23. The number of methoxy groups -OCH3 is 1. The Labute approximate surface area is 145 Å². The van der Waals surface area contributed by atoms with E-state index in [9.17, 15) is 4.39 Å². The molecule has 0 aliphatic heterocycles. The zero-order chi connectivity index (χ0) is 15.7. The number of halogens is 4. The Bertz CT molecular complexity index is 688. The summed E-state index contributed by atoms with van der Waals surface area (Å²) in [5, 5.41) is 0.385. The molecule has 2 rings (SSSR count). The summed E-state index contributed by atoms with van der Waals surface area (Å²) >= 11 is 13.4. The number of rotatable bonds is 3. The minimum absolute atomic E-state index is 0.184. The van der Waals surface area contributed by atoms with Gasteiger partial charge in [-0.2, -0.15) is 0 Å². The summed E-state index contributed by atoms with van der Waals surface area (Å²) in [4.78, 5) is -0.184. The van der Waals surface area contributed by atoms with Crippen molar-refractivity contribution in [2.45, 2.75) is 18.7 Å². The Kier molecular flexibility index (Phi) is 5.33. The molecule has 0 amide bonds. The zero-order valence-corrected chi connectivity index (χ0v) is 15.7. The molecule has 1 atom stereocenters. The number of aryl methyl sites for hydroxylation is 1. The van der Waals surface area contributed by atoms with Crippen molar-refractivity contribution in [1.29, 1.82) is 0 Å². The maximum absolute atomic E-state index is 13.2. The molecule has 21 heavy (non-hydrogen) atoms. The summed E-state index contributed by atoms with van der Waals surface area (Å²) in [7, 11) is 1.64. The van der Waals surface area contributed by atoms with Crippen LogP contribution in [0.3, 0.4) is 0 Å². The number of benzene rings is 2. The van der Waals surface area contributed by atoms with E-state index in [1.165, 1.54) is 12.1 Å². The average molecular weight is 437 g/mol. The van der Waals surface area contributed by atoms with Crippen LogP contribution in [0.4, 0.5) is 4.39 Å². The smallest absolute Gasteiger partial charge is 0.126 e. The highest BCUT2D eigenvalue weighted by Crippen LogP contribution is 2.44. The molecular weight excluding hydrogens is 422 g/mol. The normalized spacial score (nSPS) is 12.3. The minimum atomic E-state index is -0.349. The predicted molar refractivity (Wildman–Crippen MR) is 92.3 cm³/mol. The third-order valence-corrected chi connectivity index (χ3v) is 5.50. The lowest BCUT2D eigenvalue weighted by atomic mass is 9.97. The van der Waals surface area contributed by atoms with Crippen LogP contribution in [0.1, 0.15) is 27.1 Å². The first-order chi connectivity index (χ1) is 9.86. The molecule has 0 heterocycles. The predicted octanol–water partition coefficient (Wildman–Crippen LogP) is 6.35. The van der Waals surface area contributed by atoms with Gasteiger partial charge in [-0.05, 0) is 48.7 Å². The first kappa shape index (κ1) is 16.8. The van der Waals surface area contributed by atoms with Crippen molar-refractivity contribution in [3.05, 3.63) is 61.8 Å². The summed E-state index contributed by atoms with van der Waals surface area (Å²) < 4.78 is 19.8. The molecular formula is C16H14Br2ClFO. The fourth-order valence-electron chi connectivity index (χ4n) is 2.31. The van der Waals surface area contributed by atoms with E-state index in [-0.39, 0.29) is 10.6 Å². The first-order valence-corrected chi connectivity index (χ1v) is 8.38. The van der Waals surface area contributed by atoms with Crippen molar-refractivity contribution in [1.82, 2.24) is 0 Å². The molecule has 0 aliphatic carbocycles. The topological polar surface area (TPSA) is 9.23 Å². The van der Waals surface area contributed by atoms with Gasteiger partial charge in [0.25, 0.3) is 0 Å². The molecule has 0 saturated heterocycles. The van der Waals surface area contributed by atoms with Gasteiger partial charge in [-0.3, -0.25) is 0 Å². The van der Waals surface area contributed by atoms with Gasteiger partial charge in [0.2, 0.25) is 0 Å². The van der Waals surface area contributed by atoms with E-state index < -0.39 is 0 Å². The Morgan fingerprint density at radius 1 is 1.24 bits per heavy atom. The van der Waals surface area contributed by atoms with Gasteiger partial charge >= 0.3 is 0 Å². The maximum atomic E-state index is 13.2. The van der Waals surface area contributed by atoms with Crippen LogP contribution in [-0.4, -0.2) is 7.11 Å². The Balaban J connectivity index is 2.65. The van der Waals surface area contributed by atoms with Crippen molar-refractivity contribution in [3.8, 4) is 5.75 Å². The second-order valence-electron chi connectivity index (χ2n) is 4.78. The van der Waals surface area contributed by atoms with E-state index in [4.69, 9.17) is 16.3 Å². The molecule has 0 aliphatic rings. The van der Waals surface area contributed by atoms with Gasteiger partial charge in [0.05, 0.1) is 11.9 Å². The number of alkyl halides is 1. The van der Waals surface area contributed by atoms with Gasteiger partial charge in [0.15, 0.2) is 0 Å². The van der Waals surface area contributed by atoms with Gasteiger partial charge in [0.1, 0.15) is 11.6 Å². The number of ether oxygens (including phenoxy) is 1. The van der Waals surface area contributed by atoms with Crippen molar-refractivity contribution >= 4 is 43.5 Å². The molecule has 1 unspecified atom stereocenters. The van der Waals surface area contributed by atoms with Crippen molar-refractivity contribution in [2.24, 2.45) is 0 Å². The van der Waals surface area contributed by atoms with E-state index in [2.05, 4.69) is 31.9 Å². The molecule has 0 radical (unpaired) electrons. The Morgan fingerprint density at radius 2 is 1.90 bits per heavy atom.